The highest BCUT2D eigenvalue weighted by Crippen LogP contribution is 2.24. The van der Waals surface area contributed by atoms with Crippen LogP contribution in [0.25, 0.3) is 0 Å². The summed E-state index contributed by atoms with van der Waals surface area (Å²) in [6, 6.07) is 11.3. The van der Waals surface area contributed by atoms with Crippen LogP contribution >= 0.6 is 23.2 Å². The Morgan fingerprint density at radius 2 is 1.45 bits per heavy atom. The Balaban J connectivity index is 0. The Kier molecular flexibility index (Phi) is 19.4. The zero-order valence-corrected chi connectivity index (χ0v) is 21.8. The Hall–Kier alpha value is -2.83. The molecule has 0 unspecified atom stereocenters. The molecule has 0 saturated heterocycles. The molecule has 2 amide bonds. The number of rotatable bonds is 6. The van der Waals surface area contributed by atoms with Crippen LogP contribution in [0.15, 0.2) is 54.6 Å². The molecule has 0 aliphatic heterocycles. The number of carbonyl (C=O) groups excluding carboxylic acids is 3. The highest BCUT2D eigenvalue weighted by atomic mass is 35.5. The third-order valence-electron chi connectivity index (χ3n) is 3.39. The van der Waals surface area contributed by atoms with E-state index < -0.39 is 17.8 Å². The van der Waals surface area contributed by atoms with Gasteiger partial charge in [-0.1, -0.05) is 76.9 Å². The average Bonchev–Trinajstić information content (AvgIpc) is 2.87. The van der Waals surface area contributed by atoms with Gasteiger partial charge < -0.3 is 15.4 Å². The number of methoxy groups -OCH3 is 1. The zero-order valence-electron chi connectivity index (χ0n) is 20.3. The molecule has 0 aliphatic carbocycles. The van der Waals surface area contributed by atoms with Crippen LogP contribution in [0.3, 0.4) is 0 Å². The van der Waals surface area contributed by atoms with Crippen molar-refractivity contribution >= 4 is 46.7 Å². The summed E-state index contributed by atoms with van der Waals surface area (Å²) in [6.07, 6.45) is 2.21. The fraction of sp³-hybridized carbons (Fsp3) is 0.320. The van der Waals surface area contributed by atoms with E-state index in [1.54, 1.807) is 36.4 Å². The summed E-state index contributed by atoms with van der Waals surface area (Å²) in [4.78, 5) is 35.2. The second-order valence-electron chi connectivity index (χ2n) is 5.36. The molecule has 2 aromatic carbocycles. The van der Waals surface area contributed by atoms with E-state index in [1.165, 1.54) is 13.2 Å². The summed E-state index contributed by atoms with van der Waals surface area (Å²) in [7, 11) is 1.30. The summed E-state index contributed by atoms with van der Waals surface area (Å²) in [5, 5.41) is 5.87. The lowest BCUT2D eigenvalue weighted by molar-refractivity contribution is -0.117. The van der Waals surface area contributed by atoms with Crippen molar-refractivity contribution in [2.75, 3.05) is 12.4 Å². The number of anilines is 1. The molecule has 2 aromatic rings. The molecule has 0 atom stereocenters. The number of esters is 1. The van der Waals surface area contributed by atoms with Crippen molar-refractivity contribution in [2.24, 2.45) is 0 Å². The lowest BCUT2D eigenvalue weighted by Gasteiger charge is -2.05. The van der Waals surface area contributed by atoms with Crippen molar-refractivity contribution in [3.63, 3.8) is 0 Å². The molecule has 0 saturated carbocycles. The van der Waals surface area contributed by atoms with Crippen LogP contribution in [-0.2, 0) is 20.9 Å². The Morgan fingerprint density at radius 1 is 0.848 bits per heavy atom. The summed E-state index contributed by atoms with van der Waals surface area (Å²) >= 11 is 11.7. The smallest absolute Gasteiger partial charge is 0.337 e. The minimum Gasteiger partial charge on any atom is -0.465 e. The largest absolute Gasteiger partial charge is 0.465 e. The maximum Gasteiger partial charge on any atom is 0.337 e. The summed E-state index contributed by atoms with van der Waals surface area (Å²) in [6.45, 7) is 12.2. The fourth-order valence-corrected chi connectivity index (χ4v) is 2.38. The van der Waals surface area contributed by atoms with Gasteiger partial charge in [0.25, 0.3) is 0 Å². The van der Waals surface area contributed by atoms with Gasteiger partial charge >= 0.3 is 5.97 Å². The van der Waals surface area contributed by atoms with Crippen molar-refractivity contribution in [3.8, 4) is 0 Å². The third kappa shape index (κ3) is 13.3. The average molecular weight is 497 g/mol. The Labute approximate surface area is 207 Å². The van der Waals surface area contributed by atoms with E-state index in [1.807, 2.05) is 41.5 Å². The van der Waals surface area contributed by atoms with Crippen molar-refractivity contribution < 1.29 is 19.1 Å². The second-order valence-corrected chi connectivity index (χ2v) is 6.18. The van der Waals surface area contributed by atoms with Crippen LogP contribution < -0.4 is 10.6 Å². The van der Waals surface area contributed by atoms with Crippen LogP contribution in [0, 0.1) is 0 Å². The number of hydrogen-bond acceptors (Lipinski definition) is 4. The van der Waals surface area contributed by atoms with E-state index in [9.17, 15) is 14.4 Å². The minimum absolute atomic E-state index is 0.197. The van der Waals surface area contributed by atoms with Gasteiger partial charge in [0.05, 0.1) is 22.7 Å². The maximum absolute atomic E-state index is 11.8. The van der Waals surface area contributed by atoms with E-state index in [4.69, 9.17) is 23.2 Å². The first kappa shape index (κ1) is 32.4. The first-order valence-electron chi connectivity index (χ1n) is 10.8. The summed E-state index contributed by atoms with van der Waals surface area (Å²) < 4.78 is 4.65. The Morgan fingerprint density at radius 3 is 2.03 bits per heavy atom. The molecule has 0 fully saturated rings. The molecule has 0 heterocycles. The number of hydrogen-bond donors (Lipinski definition) is 2. The van der Waals surface area contributed by atoms with Gasteiger partial charge in [-0.3, -0.25) is 9.59 Å². The van der Waals surface area contributed by atoms with Gasteiger partial charge in [-0.2, -0.15) is 0 Å². The van der Waals surface area contributed by atoms with Gasteiger partial charge in [-0.15, -0.1) is 0 Å². The van der Waals surface area contributed by atoms with Gasteiger partial charge in [0, 0.05) is 24.4 Å². The molecule has 0 bridgehead atoms. The van der Waals surface area contributed by atoms with Crippen LogP contribution in [0.2, 0.25) is 10.0 Å². The van der Waals surface area contributed by atoms with E-state index in [0.29, 0.717) is 21.3 Å². The standard InChI is InChI=1S/C19H16Cl2N2O4.3C2H6/c1-27-19(26)13-4-2-3-12(9-13)11-22-17(24)7-8-18(25)23-14-5-6-15(20)16(21)10-14;3*1-2/h2-10H,11H2,1H3,(H,22,24)(H,23,25);3*1-2H3/b8-7-;;;. The maximum atomic E-state index is 11.8. The van der Waals surface area contributed by atoms with Crippen molar-refractivity contribution in [3.05, 3.63) is 75.8 Å². The first-order chi connectivity index (χ1) is 15.9. The minimum atomic E-state index is -0.490. The number of ether oxygens (including phenoxy) is 1. The SMILES string of the molecule is CC.CC.CC.COC(=O)c1cccc(CNC(=O)/C=C\C(=O)Nc2ccc(Cl)c(Cl)c2)c1. The molecular formula is C25H34Cl2N2O4. The normalized spacial score (nSPS) is 9.12. The number of benzene rings is 2. The van der Waals surface area contributed by atoms with Crippen molar-refractivity contribution in [1.82, 2.24) is 5.32 Å². The predicted molar refractivity (Wildman–Crippen MR) is 138 cm³/mol. The van der Waals surface area contributed by atoms with Gasteiger partial charge in [-0.05, 0) is 35.9 Å². The molecule has 6 nitrogen and oxygen atoms in total. The number of carbonyl (C=O) groups is 3. The molecule has 0 aromatic heterocycles. The van der Waals surface area contributed by atoms with E-state index >= 15 is 0 Å². The lowest BCUT2D eigenvalue weighted by Crippen LogP contribution is -2.21. The molecule has 2 N–H and O–H groups in total. The number of amides is 2. The first-order valence-corrected chi connectivity index (χ1v) is 11.5. The zero-order chi connectivity index (χ0) is 25.8. The fourth-order valence-electron chi connectivity index (χ4n) is 2.08. The van der Waals surface area contributed by atoms with Crippen LogP contribution in [0.5, 0.6) is 0 Å². The predicted octanol–water partition coefficient (Wildman–Crippen LogP) is 6.67. The number of halogens is 2. The molecule has 0 aliphatic rings. The Bertz CT molecular complexity index is 900. The monoisotopic (exact) mass is 496 g/mol. The van der Waals surface area contributed by atoms with Crippen LogP contribution in [0.1, 0.15) is 57.5 Å². The molecule has 182 valence electrons. The van der Waals surface area contributed by atoms with Gasteiger partial charge in [0.1, 0.15) is 0 Å². The molecule has 2 rings (SSSR count). The topological polar surface area (TPSA) is 84.5 Å². The third-order valence-corrected chi connectivity index (χ3v) is 4.13. The van der Waals surface area contributed by atoms with Crippen LogP contribution in [-0.4, -0.2) is 24.9 Å². The summed E-state index contributed by atoms with van der Waals surface area (Å²) in [5.41, 5.74) is 1.57. The van der Waals surface area contributed by atoms with Crippen LogP contribution in [0.4, 0.5) is 5.69 Å². The van der Waals surface area contributed by atoms with E-state index in [-0.39, 0.29) is 6.54 Å². The molecule has 33 heavy (non-hydrogen) atoms. The highest BCUT2D eigenvalue weighted by molar-refractivity contribution is 6.42. The second kappa shape index (κ2) is 19.8. The molecule has 8 heteroatoms. The highest BCUT2D eigenvalue weighted by Gasteiger charge is 2.06. The van der Waals surface area contributed by atoms with Crippen molar-refractivity contribution in [1.29, 1.82) is 0 Å². The number of nitrogens with one attached hydrogen (secondary N) is 2. The molecular weight excluding hydrogens is 463 g/mol. The van der Waals surface area contributed by atoms with E-state index in [2.05, 4.69) is 15.4 Å². The molecule has 0 spiro atoms. The molecule has 0 radical (unpaired) electrons. The van der Waals surface area contributed by atoms with Crippen molar-refractivity contribution in [2.45, 2.75) is 48.1 Å². The quantitative estimate of drug-likeness (QED) is 0.345. The summed E-state index contributed by atoms with van der Waals surface area (Å²) in [5.74, 6) is -1.40. The lowest BCUT2D eigenvalue weighted by atomic mass is 10.1. The van der Waals surface area contributed by atoms with Gasteiger partial charge in [-0.25, -0.2) is 4.79 Å². The van der Waals surface area contributed by atoms with E-state index in [0.717, 1.165) is 17.7 Å². The van der Waals surface area contributed by atoms with Gasteiger partial charge in [0.15, 0.2) is 0 Å². The van der Waals surface area contributed by atoms with Gasteiger partial charge in [0.2, 0.25) is 11.8 Å².